The lowest BCUT2D eigenvalue weighted by molar-refractivity contribution is -0.144. The zero-order valence-electron chi connectivity index (χ0n) is 18.3. The predicted octanol–water partition coefficient (Wildman–Crippen LogP) is 1.24. The molecule has 2 N–H and O–H groups in total. The highest BCUT2D eigenvalue weighted by Crippen LogP contribution is 2.44. The second kappa shape index (κ2) is 9.25. The van der Waals surface area contributed by atoms with Crippen molar-refractivity contribution in [3.63, 3.8) is 0 Å². The summed E-state index contributed by atoms with van der Waals surface area (Å²) in [5.74, 6) is 0.603. The molecule has 160 valence electrons. The number of nitrogens with zero attached hydrogens (tertiary/aromatic N) is 2. The number of amides is 3. The summed E-state index contributed by atoms with van der Waals surface area (Å²) in [5.41, 5.74) is -0.820. The quantitative estimate of drug-likeness (QED) is 0.681. The first-order chi connectivity index (χ1) is 13.1. The number of carbonyl (C=O) groups is 3. The molecule has 2 aliphatic rings. The van der Waals surface area contributed by atoms with Crippen LogP contribution in [0.4, 0.5) is 0 Å². The molecule has 7 heteroatoms. The van der Waals surface area contributed by atoms with Crippen LogP contribution >= 0.6 is 0 Å². The fourth-order valence-electron chi connectivity index (χ4n) is 4.19. The molecule has 1 aliphatic carbocycles. The van der Waals surface area contributed by atoms with Crippen LogP contribution in [-0.2, 0) is 14.4 Å². The van der Waals surface area contributed by atoms with Gasteiger partial charge in [-0.25, -0.2) is 0 Å². The fraction of sp³-hybridized carbons (Fsp3) is 0.857. The summed E-state index contributed by atoms with van der Waals surface area (Å²) in [5, 5.41) is 5.68. The topological polar surface area (TPSA) is 81.8 Å². The molecule has 2 rings (SSSR count). The van der Waals surface area contributed by atoms with E-state index in [4.69, 9.17) is 0 Å². The second-order valence-corrected chi connectivity index (χ2v) is 9.39. The summed E-state index contributed by atoms with van der Waals surface area (Å²) in [6, 6.07) is 0. The van der Waals surface area contributed by atoms with Gasteiger partial charge in [-0.1, -0.05) is 20.3 Å². The van der Waals surface area contributed by atoms with Crippen LogP contribution in [0.5, 0.6) is 0 Å². The first-order valence-corrected chi connectivity index (χ1v) is 10.6. The van der Waals surface area contributed by atoms with Crippen molar-refractivity contribution in [1.29, 1.82) is 0 Å². The van der Waals surface area contributed by atoms with E-state index in [1.807, 2.05) is 18.7 Å². The maximum atomic E-state index is 13.0. The Morgan fingerprint density at radius 2 is 1.75 bits per heavy atom. The van der Waals surface area contributed by atoms with Crippen molar-refractivity contribution in [3.8, 4) is 0 Å². The van der Waals surface area contributed by atoms with Crippen molar-refractivity contribution in [2.24, 2.45) is 16.7 Å². The van der Waals surface area contributed by atoms with Crippen molar-refractivity contribution in [2.45, 2.75) is 53.9 Å². The molecule has 3 amide bonds. The van der Waals surface area contributed by atoms with Gasteiger partial charge in [0.1, 0.15) is 0 Å². The molecular formula is C21H38N4O3. The van der Waals surface area contributed by atoms with Gasteiger partial charge in [0.2, 0.25) is 17.7 Å². The highest BCUT2D eigenvalue weighted by atomic mass is 16.2. The van der Waals surface area contributed by atoms with Gasteiger partial charge in [0.05, 0.1) is 5.41 Å². The molecule has 0 bridgehead atoms. The van der Waals surface area contributed by atoms with Crippen molar-refractivity contribution < 1.29 is 14.4 Å². The molecule has 0 radical (unpaired) electrons. The van der Waals surface area contributed by atoms with E-state index in [0.717, 1.165) is 52.0 Å². The summed E-state index contributed by atoms with van der Waals surface area (Å²) in [6.45, 7) is 14.4. The maximum absolute atomic E-state index is 13.0. The van der Waals surface area contributed by atoms with Crippen molar-refractivity contribution in [3.05, 3.63) is 0 Å². The lowest BCUT2D eigenvalue weighted by Crippen LogP contribution is -2.54. The minimum atomic E-state index is -0.635. The van der Waals surface area contributed by atoms with E-state index >= 15 is 0 Å². The van der Waals surface area contributed by atoms with Crippen LogP contribution in [0.1, 0.15) is 53.9 Å². The lowest BCUT2D eigenvalue weighted by Gasteiger charge is -2.40. The van der Waals surface area contributed by atoms with Gasteiger partial charge >= 0.3 is 0 Å². The molecule has 1 heterocycles. The van der Waals surface area contributed by atoms with Gasteiger partial charge in [0, 0.05) is 58.2 Å². The SMILES string of the molecule is CC(=O)NCC(C)(C)C(=O)NCCN1CCN(C(=O)C2(C)CCCC2C)CC1. The third-order valence-electron chi connectivity index (χ3n) is 6.68. The Bertz CT molecular complexity index is 584. The minimum absolute atomic E-state index is 0.0572. The Morgan fingerprint density at radius 3 is 2.29 bits per heavy atom. The Kier molecular flexibility index (Phi) is 7.48. The van der Waals surface area contributed by atoms with Gasteiger partial charge in [-0.3, -0.25) is 19.3 Å². The molecule has 7 nitrogen and oxygen atoms in total. The number of hydrogen-bond donors (Lipinski definition) is 2. The first kappa shape index (κ1) is 22.7. The fourth-order valence-corrected chi connectivity index (χ4v) is 4.19. The zero-order chi connectivity index (χ0) is 20.9. The standard InChI is InChI=1S/C21H38N4O3/c1-16-7-6-8-21(16,5)19(28)25-13-11-24(12-14-25)10-9-22-18(27)20(3,4)15-23-17(2)26/h16H,6-15H2,1-5H3,(H,22,27)(H,23,26). The summed E-state index contributed by atoms with van der Waals surface area (Å²) >= 11 is 0. The van der Waals surface area contributed by atoms with E-state index in [2.05, 4.69) is 29.4 Å². The first-order valence-electron chi connectivity index (χ1n) is 10.6. The van der Waals surface area contributed by atoms with E-state index in [1.165, 1.54) is 6.92 Å². The molecule has 2 atom stereocenters. The normalized spacial score (nSPS) is 26.2. The largest absolute Gasteiger partial charge is 0.355 e. The monoisotopic (exact) mass is 394 g/mol. The van der Waals surface area contributed by atoms with Crippen LogP contribution in [0.15, 0.2) is 0 Å². The number of nitrogens with one attached hydrogen (secondary N) is 2. The third-order valence-corrected chi connectivity index (χ3v) is 6.68. The number of rotatable bonds is 7. The smallest absolute Gasteiger partial charge is 0.228 e. The molecule has 28 heavy (non-hydrogen) atoms. The van der Waals surface area contributed by atoms with Crippen molar-refractivity contribution in [2.75, 3.05) is 45.8 Å². The Hall–Kier alpha value is -1.63. The summed E-state index contributed by atoms with van der Waals surface area (Å²) in [6.07, 6.45) is 3.31. The molecular weight excluding hydrogens is 356 g/mol. The summed E-state index contributed by atoms with van der Waals surface area (Å²) < 4.78 is 0. The number of piperazine rings is 1. The van der Waals surface area contributed by atoms with Gasteiger partial charge in [-0.05, 0) is 32.6 Å². The number of carbonyl (C=O) groups excluding carboxylic acids is 3. The maximum Gasteiger partial charge on any atom is 0.228 e. The number of hydrogen-bond acceptors (Lipinski definition) is 4. The molecule has 2 unspecified atom stereocenters. The molecule has 1 saturated carbocycles. The van der Waals surface area contributed by atoms with Gasteiger partial charge in [0.15, 0.2) is 0 Å². The van der Waals surface area contributed by atoms with Crippen molar-refractivity contribution >= 4 is 17.7 Å². The molecule has 1 saturated heterocycles. The lowest BCUT2D eigenvalue weighted by atomic mass is 9.79. The summed E-state index contributed by atoms with van der Waals surface area (Å²) in [4.78, 5) is 40.7. The molecule has 0 aromatic rings. The van der Waals surface area contributed by atoms with Crippen LogP contribution in [-0.4, -0.2) is 73.3 Å². The van der Waals surface area contributed by atoms with Gasteiger partial charge in [-0.2, -0.15) is 0 Å². The van der Waals surface area contributed by atoms with Crippen LogP contribution in [0.2, 0.25) is 0 Å². The third kappa shape index (κ3) is 5.46. The zero-order valence-corrected chi connectivity index (χ0v) is 18.3. The average molecular weight is 395 g/mol. The van der Waals surface area contributed by atoms with E-state index < -0.39 is 5.41 Å². The highest BCUT2D eigenvalue weighted by molar-refractivity contribution is 5.83. The van der Waals surface area contributed by atoms with Crippen molar-refractivity contribution in [1.82, 2.24) is 20.4 Å². The van der Waals surface area contributed by atoms with E-state index in [9.17, 15) is 14.4 Å². The van der Waals surface area contributed by atoms with Crippen LogP contribution < -0.4 is 10.6 Å². The highest BCUT2D eigenvalue weighted by Gasteiger charge is 2.44. The van der Waals surface area contributed by atoms with Crippen LogP contribution in [0.25, 0.3) is 0 Å². The molecule has 0 spiro atoms. The van der Waals surface area contributed by atoms with E-state index in [-0.39, 0.29) is 17.2 Å². The second-order valence-electron chi connectivity index (χ2n) is 9.39. The molecule has 0 aromatic heterocycles. The summed E-state index contributed by atoms with van der Waals surface area (Å²) in [7, 11) is 0. The molecule has 1 aliphatic heterocycles. The van der Waals surface area contributed by atoms with Crippen LogP contribution in [0, 0.1) is 16.7 Å². The average Bonchev–Trinajstić information content (AvgIpc) is 3.00. The molecule has 0 aromatic carbocycles. The Balaban J connectivity index is 1.71. The van der Waals surface area contributed by atoms with Gasteiger partial charge in [0.25, 0.3) is 0 Å². The van der Waals surface area contributed by atoms with E-state index in [1.54, 1.807) is 0 Å². The van der Waals surface area contributed by atoms with Crippen LogP contribution in [0.3, 0.4) is 0 Å². The Labute approximate surface area is 169 Å². The minimum Gasteiger partial charge on any atom is -0.355 e. The molecule has 2 fully saturated rings. The van der Waals surface area contributed by atoms with Gasteiger partial charge < -0.3 is 15.5 Å². The predicted molar refractivity (Wildman–Crippen MR) is 110 cm³/mol. The Morgan fingerprint density at radius 1 is 1.11 bits per heavy atom. The van der Waals surface area contributed by atoms with Gasteiger partial charge in [-0.15, -0.1) is 0 Å². The van der Waals surface area contributed by atoms with E-state index in [0.29, 0.717) is 24.9 Å².